The summed E-state index contributed by atoms with van der Waals surface area (Å²) in [5.41, 5.74) is 1.11. The second-order valence-electron chi connectivity index (χ2n) is 5.76. The van der Waals surface area contributed by atoms with Gasteiger partial charge in [0, 0.05) is 18.8 Å². The molecule has 1 N–H and O–H groups in total. The summed E-state index contributed by atoms with van der Waals surface area (Å²) >= 11 is 0. The zero-order valence-corrected chi connectivity index (χ0v) is 12.2. The van der Waals surface area contributed by atoms with Crippen molar-refractivity contribution in [3.05, 3.63) is 11.8 Å². The van der Waals surface area contributed by atoms with E-state index >= 15 is 0 Å². The Hall–Kier alpha value is -1.36. The molecule has 0 saturated carbocycles. The summed E-state index contributed by atoms with van der Waals surface area (Å²) in [5.74, 6) is -0.698. The molecule has 1 amide bonds. The van der Waals surface area contributed by atoms with Crippen LogP contribution in [0.5, 0.6) is 0 Å². The van der Waals surface area contributed by atoms with Gasteiger partial charge < -0.3 is 10.0 Å². The largest absolute Gasteiger partial charge is 0.481 e. The lowest BCUT2D eigenvalue weighted by atomic mass is 9.99. The molecule has 112 valence electrons. The van der Waals surface area contributed by atoms with Crippen molar-refractivity contribution in [2.24, 2.45) is 0 Å². The zero-order chi connectivity index (χ0) is 14.5. The fraction of sp³-hybridized carbons (Fsp3) is 0.733. The number of amides is 1. The number of carbonyl (C=O) groups excluding carboxylic acids is 1. The Bertz CT molecular complexity index is 406. The highest BCUT2D eigenvalue weighted by Crippen LogP contribution is 2.22. The number of piperidine rings is 1. The lowest BCUT2D eigenvalue weighted by molar-refractivity contribution is -0.140. The first-order valence-corrected chi connectivity index (χ1v) is 7.49. The van der Waals surface area contributed by atoms with Crippen LogP contribution in [0.4, 0.5) is 0 Å². The molecule has 5 heteroatoms. The van der Waals surface area contributed by atoms with Crippen LogP contribution in [0, 0.1) is 0 Å². The molecule has 0 aromatic rings. The van der Waals surface area contributed by atoms with E-state index in [0.717, 1.165) is 50.8 Å². The average Bonchev–Trinajstić information content (AvgIpc) is 2.93. The Balaban J connectivity index is 1.92. The number of carboxylic acids is 1. The molecule has 1 heterocycles. The van der Waals surface area contributed by atoms with E-state index in [9.17, 15) is 9.59 Å². The average molecular weight is 280 g/mol. The highest BCUT2D eigenvalue weighted by Gasteiger charge is 2.27. The SMILES string of the molecule is CN(C(=O)CN1CCCCC1CC(=O)O)C1=CCCC1. The van der Waals surface area contributed by atoms with Crippen molar-refractivity contribution in [1.82, 2.24) is 9.80 Å². The van der Waals surface area contributed by atoms with Crippen LogP contribution in [0.15, 0.2) is 11.8 Å². The van der Waals surface area contributed by atoms with E-state index in [1.54, 1.807) is 4.90 Å². The van der Waals surface area contributed by atoms with Gasteiger partial charge in [-0.05, 0) is 38.6 Å². The lowest BCUT2D eigenvalue weighted by Gasteiger charge is -2.35. The maximum Gasteiger partial charge on any atom is 0.304 e. The van der Waals surface area contributed by atoms with E-state index in [4.69, 9.17) is 5.11 Å². The van der Waals surface area contributed by atoms with Gasteiger partial charge in [0.1, 0.15) is 0 Å². The summed E-state index contributed by atoms with van der Waals surface area (Å²) in [6.07, 6.45) is 8.41. The maximum absolute atomic E-state index is 12.3. The van der Waals surface area contributed by atoms with Gasteiger partial charge in [-0.3, -0.25) is 14.5 Å². The first-order valence-electron chi connectivity index (χ1n) is 7.49. The molecule has 2 aliphatic rings. The van der Waals surface area contributed by atoms with Gasteiger partial charge in [-0.2, -0.15) is 0 Å². The molecule has 20 heavy (non-hydrogen) atoms. The number of rotatable bonds is 5. The maximum atomic E-state index is 12.3. The number of carboxylic acid groups (broad SMARTS) is 1. The number of carbonyl (C=O) groups is 2. The fourth-order valence-corrected chi connectivity index (χ4v) is 3.10. The standard InChI is InChI=1S/C15H24N2O3/c1-16(12-6-2-3-7-12)14(18)11-17-9-5-4-8-13(17)10-15(19)20/h6,13H,2-5,7-11H2,1H3,(H,19,20). The van der Waals surface area contributed by atoms with Gasteiger partial charge in [-0.25, -0.2) is 0 Å². The van der Waals surface area contributed by atoms with Crippen LogP contribution in [-0.4, -0.2) is 53.0 Å². The number of likely N-dealkylation sites (tertiary alicyclic amines) is 1. The highest BCUT2D eigenvalue weighted by atomic mass is 16.4. The summed E-state index contributed by atoms with van der Waals surface area (Å²) < 4.78 is 0. The molecule has 0 aromatic carbocycles. The quantitative estimate of drug-likeness (QED) is 0.835. The van der Waals surface area contributed by atoms with Crippen LogP contribution >= 0.6 is 0 Å². The van der Waals surface area contributed by atoms with Gasteiger partial charge in [-0.15, -0.1) is 0 Å². The molecule has 0 radical (unpaired) electrons. The van der Waals surface area contributed by atoms with Crippen LogP contribution in [-0.2, 0) is 9.59 Å². The number of nitrogens with zero attached hydrogens (tertiary/aromatic N) is 2. The summed E-state index contributed by atoms with van der Waals surface area (Å²) in [5, 5.41) is 8.97. The Labute approximate surface area is 120 Å². The first-order chi connectivity index (χ1) is 9.58. The van der Waals surface area contributed by atoms with Crippen LogP contribution in [0.25, 0.3) is 0 Å². The molecule has 1 fully saturated rings. The molecule has 2 rings (SSSR count). The predicted molar refractivity (Wildman–Crippen MR) is 76.2 cm³/mol. The molecule has 0 aromatic heterocycles. The molecule has 1 aliphatic carbocycles. The zero-order valence-electron chi connectivity index (χ0n) is 12.2. The third-order valence-corrected chi connectivity index (χ3v) is 4.32. The molecule has 1 aliphatic heterocycles. The van der Waals surface area contributed by atoms with Crippen LogP contribution in [0.2, 0.25) is 0 Å². The molecule has 1 atom stereocenters. The van der Waals surface area contributed by atoms with E-state index in [1.807, 2.05) is 11.9 Å². The van der Waals surface area contributed by atoms with Crippen molar-refractivity contribution in [1.29, 1.82) is 0 Å². The number of hydrogen-bond donors (Lipinski definition) is 1. The smallest absolute Gasteiger partial charge is 0.304 e. The number of aliphatic carboxylic acids is 1. The summed E-state index contributed by atoms with van der Waals surface area (Å²) in [4.78, 5) is 27.0. The minimum absolute atomic E-state index is 0.0103. The van der Waals surface area contributed by atoms with Crippen molar-refractivity contribution < 1.29 is 14.7 Å². The topological polar surface area (TPSA) is 60.9 Å². The van der Waals surface area contributed by atoms with Gasteiger partial charge >= 0.3 is 5.97 Å². The van der Waals surface area contributed by atoms with Crippen molar-refractivity contribution in [3.8, 4) is 0 Å². The Morgan fingerprint density at radius 3 is 2.85 bits per heavy atom. The van der Waals surface area contributed by atoms with Gasteiger partial charge in [0.2, 0.25) is 5.91 Å². The third kappa shape index (κ3) is 3.82. The van der Waals surface area contributed by atoms with E-state index in [0.29, 0.717) is 6.54 Å². The van der Waals surface area contributed by atoms with E-state index in [-0.39, 0.29) is 18.4 Å². The molecule has 1 saturated heterocycles. The van der Waals surface area contributed by atoms with Gasteiger partial charge in [0.05, 0.1) is 13.0 Å². The minimum atomic E-state index is -0.777. The summed E-state index contributed by atoms with van der Waals surface area (Å²) in [6, 6.07) is 0.0103. The van der Waals surface area contributed by atoms with Crippen LogP contribution in [0.3, 0.4) is 0 Å². The molecule has 0 spiro atoms. The summed E-state index contributed by atoms with van der Waals surface area (Å²) in [7, 11) is 1.83. The van der Waals surface area contributed by atoms with Crippen molar-refractivity contribution >= 4 is 11.9 Å². The lowest BCUT2D eigenvalue weighted by Crippen LogP contribution is -2.46. The Morgan fingerprint density at radius 1 is 1.40 bits per heavy atom. The van der Waals surface area contributed by atoms with Crippen molar-refractivity contribution in [2.45, 2.75) is 51.0 Å². The van der Waals surface area contributed by atoms with Gasteiger partial charge in [-0.1, -0.05) is 12.5 Å². The van der Waals surface area contributed by atoms with Gasteiger partial charge in [0.15, 0.2) is 0 Å². The normalized spacial score (nSPS) is 23.4. The van der Waals surface area contributed by atoms with E-state index in [1.165, 1.54) is 0 Å². The number of hydrogen-bond acceptors (Lipinski definition) is 3. The van der Waals surface area contributed by atoms with E-state index in [2.05, 4.69) is 6.08 Å². The van der Waals surface area contributed by atoms with E-state index < -0.39 is 5.97 Å². The molecule has 1 unspecified atom stereocenters. The van der Waals surface area contributed by atoms with Crippen LogP contribution < -0.4 is 0 Å². The molecular weight excluding hydrogens is 256 g/mol. The van der Waals surface area contributed by atoms with Crippen molar-refractivity contribution in [2.75, 3.05) is 20.1 Å². The number of likely N-dealkylation sites (N-methyl/N-ethyl adjacent to an activating group) is 1. The Kier molecular flexibility index (Phi) is 5.17. The first kappa shape index (κ1) is 15.0. The van der Waals surface area contributed by atoms with Crippen molar-refractivity contribution in [3.63, 3.8) is 0 Å². The fourth-order valence-electron chi connectivity index (χ4n) is 3.10. The number of allylic oxidation sites excluding steroid dienone is 2. The highest BCUT2D eigenvalue weighted by molar-refractivity contribution is 5.80. The minimum Gasteiger partial charge on any atom is -0.481 e. The monoisotopic (exact) mass is 280 g/mol. The molecule has 5 nitrogen and oxygen atoms in total. The second kappa shape index (κ2) is 6.88. The molecular formula is C15H24N2O3. The van der Waals surface area contributed by atoms with Crippen LogP contribution in [0.1, 0.15) is 44.9 Å². The molecule has 0 bridgehead atoms. The predicted octanol–water partition coefficient (Wildman–Crippen LogP) is 1.84. The Morgan fingerprint density at radius 2 is 2.20 bits per heavy atom. The van der Waals surface area contributed by atoms with Gasteiger partial charge in [0.25, 0.3) is 0 Å². The second-order valence-corrected chi connectivity index (χ2v) is 5.76. The third-order valence-electron chi connectivity index (χ3n) is 4.32. The summed E-state index contributed by atoms with van der Waals surface area (Å²) in [6.45, 7) is 1.17.